The van der Waals surface area contributed by atoms with E-state index in [2.05, 4.69) is 15.3 Å². The average Bonchev–Trinajstić information content (AvgIpc) is 3.03. The van der Waals surface area contributed by atoms with E-state index in [4.69, 9.17) is 17.3 Å². The largest absolute Gasteiger partial charge is 0.397 e. The summed E-state index contributed by atoms with van der Waals surface area (Å²) in [6.07, 6.45) is 1.72. The van der Waals surface area contributed by atoms with Crippen molar-refractivity contribution in [3.63, 3.8) is 0 Å². The molecule has 0 aliphatic heterocycles. The lowest BCUT2D eigenvalue weighted by Gasteiger charge is -2.05. The van der Waals surface area contributed by atoms with E-state index in [1.54, 1.807) is 12.3 Å². The van der Waals surface area contributed by atoms with E-state index >= 15 is 0 Å². The van der Waals surface area contributed by atoms with Crippen LogP contribution in [0.1, 0.15) is 15.2 Å². The Bertz CT molecular complexity index is 1130. The van der Waals surface area contributed by atoms with Crippen molar-refractivity contribution in [3.8, 4) is 11.4 Å². The minimum Gasteiger partial charge on any atom is -0.397 e. The van der Waals surface area contributed by atoms with Gasteiger partial charge in [-0.25, -0.2) is 4.98 Å². The number of nitrogens with two attached hydrogens (primary N) is 1. The van der Waals surface area contributed by atoms with Crippen molar-refractivity contribution in [1.82, 2.24) is 15.3 Å². The topological polar surface area (TPSA) is 80.9 Å². The van der Waals surface area contributed by atoms with Crippen LogP contribution in [0.2, 0.25) is 5.02 Å². The number of pyridine rings is 2. The van der Waals surface area contributed by atoms with Gasteiger partial charge in [-0.3, -0.25) is 9.78 Å². The molecule has 0 spiro atoms. The lowest BCUT2D eigenvalue weighted by Crippen LogP contribution is -2.22. The molecule has 4 aromatic rings. The van der Waals surface area contributed by atoms with E-state index in [1.165, 1.54) is 11.3 Å². The first-order chi connectivity index (χ1) is 13.1. The molecule has 4 rings (SSSR count). The molecule has 5 nitrogen and oxygen atoms in total. The van der Waals surface area contributed by atoms with Crippen LogP contribution in [-0.2, 0) is 6.54 Å². The molecular weight excluding hydrogens is 380 g/mol. The molecule has 7 heteroatoms. The third kappa shape index (κ3) is 3.63. The summed E-state index contributed by atoms with van der Waals surface area (Å²) < 4.78 is 0. The van der Waals surface area contributed by atoms with Crippen LogP contribution in [0.4, 0.5) is 5.69 Å². The van der Waals surface area contributed by atoms with Crippen LogP contribution in [0.3, 0.4) is 0 Å². The number of amides is 1. The van der Waals surface area contributed by atoms with Crippen LogP contribution in [0.5, 0.6) is 0 Å². The number of thiophene rings is 1. The SMILES string of the molecule is Nc1c(C(=O)NCc2cccc(Cl)c2)sc2nc(-c3ccccn3)ccc12. The highest BCUT2D eigenvalue weighted by molar-refractivity contribution is 7.21. The zero-order valence-corrected chi connectivity index (χ0v) is 15.7. The lowest BCUT2D eigenvalue weighted by atomic mass is 10.2. The number of benzene rings is 1. The van der Waals surface area contributed by atoms with Gasteiger partial charge in [-0.1, -0.05) is 29.8 Å². The molecular formula is C20H15ClN4OS. The minimum absolute atomic E-state index is 0.227. The molecule has 134 valence electrons. The van der Waals surface area contributed by atoms with Gasteiger partial charge in [0.25, 0.3) is 5.91 Å². The van der Waals surface area contributed by atoms with Crippen molar-refractivity contribution in [2.45, 2.75) is 6.54 Å². The molecule has 0 atom stereocenters. The van der Waals surface area contributed by atoms with E-state index in [0.717, 1.165) is 22.3 Å². The second kappa shape index (κ2) is 7.34. The summed E-state index contributed by atoms with van der Waals surface area (Å²) >= 11 is 7.25. The maximum Gasteiger partial charge on any atom is 0.263 e. The fraction of sp³-hybridized carbons (Fsp3) is 0.0500. The van der Waals surface area contributed by atoms with E-state index < -0.39 is 0 Å². The number of aromatic nitrogens is 2. The molecule has 0 unspecified atom stereocenters. The Morgan fingerprint density at radius 1 is 1.11 bits per heavy atom. The number of hydrogen-bond acceptors (Lipinski definition) is 5. The molecule has 27 heavy (non-hydrogen) atoms. The fourth-order valence-corrected chi connectivity index (χ4v) is 3.96. The summed E-state index contributed by atoms with van der Waals surface area (Å²) in [5, 5.41) is 4.29. The van der Waals surface area contributed by atoms with Crippen molar-refractivity contribution in [2.75, 3.05) is 5.73 Å². The van der Waals surface area contributed by atoms with Crippen LogP contribution in [-0.4, -0.2) is 15.9 Å². The van der Waals surface area contributed by atoms with Gasteiger partial charge in [-0.2, -0.15) is 0 Å². The van der Waals surface area contributed by atoms with Gasteiger partial charge < -0.3 is 11.1 Å². The maximum absolute atomic E-state index is 12.6. The van der Waals surface area contributed by atoms with E-state index in [0.29, 0.717) is 27.0 Å². The number of carbonyl (C=O) groups excluding carboxylic acids is 1. The van der Waals surface area contributed by atoms with Crippen molar-refractivity contribution >= 4 is 44.7 Å². The monoisotopic (exact) mass is 394 g/mol. The maximum atomic E-state index is 12.6. The molecule has 0 radical (unpaired) electrons. The molecule has 1 aromatic carbocycles. The lowest BCUT2D eigenvalue weighted by molar-refractivity contribution is 0.0956. The molecule has 1 amide bonds. The first kappa shape index (κ1) is 17.5. The molecule has 0 saturated heterocycles. The fourth-order valence-electron chi connectivity index (χ4n) is 2.73. The highest BCUT2D eigenvalue weighted by atomic mass is 35.5. The number of nitrogens with one attached hydrogen (secondary N) is 1. The summed E-state index contributed by atoms with van der Waals surface area (Å²) in [7, 11) is 0. The molecule has 0 saturated carbocycles. The molecule has 3 aromatic heterocycles. The van der Waals surface area contributed by atoms with Gasteiger partial charge in [-0.05, 0) is 42.0 Å². The third-order valence-electron chi connectivity index (χ3n) is 4.07. The van der Waals surface area contributed by atoms with Gasteiger partial charge in [0.05, 0.1) is 17.1 Å². The number of halogens is 1. The van der Waals surface area contributed by atoms with Crippen LogP contribution >= 0.6 is 22.9 Å². The second-order valence-electron chi connectivity index (χ2n) is 5.92. The number of rotatable bonds is 4. The molecule has 0 aliphatic carbocycles. The van der Waals surface area contributed by atoms with Crippen LogP contribution in [0.15, 0.2) is 60.8 Å². The van der Waals surface area contributed by atoms with E-state index in [1.807, 2.05) is 48.5 Å². The number of hydrogen-bond donors (Lipinski definition) is 2. The quantitative estimate of drug-likeness (QED) is 0.533. The second-order valence-corrected chi connectivity index (χ2v) is 7.36. The van der Waals surface area contributed by atoms with Crippen molar-refractivity contribution in [1.29, 1.82) is 0 Å². The molecule has 0 bridgehead atoms. The highest BCUT2D eigenvalue weighted by Gasteiger charge is 2.17. The number of carbonyl (C=O) groups is 1. The van der Waals surface area contributed by atoms with Crippen molar-refractivity contribution in [2.24, 2.45) is 0 Å². The first-order valence-corrected chi connectivity index (χ1v) is 9.44. The van der Waals surface area contributed by atoms with Crippen LogP contribution in [0.25, 0.3) is 21.6 Å². The van der Waals surface area contributed by atoms with Crippen molar-refractivity contribution in [3.05, 3.63) is 76.3 Å². The van der Waals surface area contributed by atoms with Gasteiger partial charge in [-0.15, -0.1) is 11.3 Å². The standard InChI is InChI=1S/C20H15ClN4OS/c21-13-5-3-4-12(10-13)11-24-19(26)18-17(22)14-7-8-16(25-20(14)27-18)15-6-1-2-9-23-15/h1-10H,11,22H2,(H,24,26). The minimum atomic E-state index is -0.227. The normalized spacial score (nSPS) is 10.9. The molecule has 3 heterocycles. The summed E-state index contributed by atoms with van der Waals surface area (Å²) in [5.41, 5.74) is 9.08. The predicted molar refractivity (Wildman–Crippen MR) is 110 cm³/mol. The summed E-state index contributed by atoms with van der Waals surface area (Å²) in [5.74, 6) is -0.227. The average molecular weight is 395 g/mol. The smallest absolute Gasteiger partial charge is 0.263 e. The Morgan fingerprint density at radius 2 is 2.00 bits per heavy atom. The van der Waals surface area contributed by atoms with E-state index in [-0.39, 0.29) is 5.91 Å². The summed E-state index contributed by atoms with van der Waals surface area (Å²) in [6, 6.07) is 16.8. The number of nitrogen functional groups attached to an aromatic ring is 1. The molecule has 0 fully saturated rings. The highest BCUT2D eigenvalue weighted by Crippen LogP contribution is 2.33. The Kier molecular flexibility index (Phi) is 4.75. The zero-order valence-electron chi connectivity index (χ0n) is 14.1. The zero-order chi connectivity index (χ0) is 18.8. The van der Waals surface area contributed by atoms with Gasteiger partial charge in [0.2, 0.25) is 0 Å². The van der Waals surface area contributed by atoms with Gasteiger partial charge in [0, 0.05) is 23.2 Å². The third-order valence-corrected chi connectivity index (χ3v) is 5.42. The number of fused-ring (bicyclic) bond motifs is 1. The Hall–Kier alpha value is -2.96. The van der Waals surface area contributed by atoms with Crippen LogP contribution < -0.4 is 11.1 Å². The Balaban J connectivity index is 1.60. The van der Waals surface area contributed by atoms with Gasteiger partial charge in [0.1, 0.15) is 9.71 Å². The Labute approximate surface area is 164 Å². The van der Waals surface area contributed by atoms with Gasteiger partial charge in [0.15, 0.2) is 0 Å². The number of anilines is 1. The van der Waals surface area contributed by atoms with E-state index in [9.17, 15) is 4.79 Å². The molecule has 3 N–H and O–H groups in total. The van der Waals surface area contributed by atoms with Crippen molar-refractivity contribution < 1.29 is 4.79 Å². The molecule has 0 aliphatic rings. The Morgan fingerprint density at radius 3 is 2.78 bits per heavy atom. The summed E-state index contributed by atoms with van der Waals surface area (Å²) in [4.78, 5) is 22.7. The van der Waals surface area contributed by atoms with Gasteiger partial charge >= 0.3 is 0 Å². The van der Waals surface area contributed by atoms with Crippen LogP contribution in [0, 0.1) is 0 Å². The first-order valence-electron chi connectivity index (χ1n) is 8.25. The predicted octanol–water partition coefficient (Wildman–Crippen LogP) is 4.52. The number of nitrogens with zero attached hydrogens (tertiary/aromatic N) is 2. The summed E-state index contributed by atoms with van der Waals surface area (Å²) in [6.45, 7) is 0.375.